The van der Waals surface area contributed by atoms with E-state index in [4.69, 9.17) is 15.6 Å². The van der Waals surface area contributed by atoms with Crippen LogP contribution in [0.5, 0.6) is 0 Å². The van der Waals surface area contributed by atoms with Crippen molar-refractivity contribution >= 4 is 5.91 Å². The van der Waals surface area contributed by atoms with Gasteiger partial charge in [0.1, 0.15) is 5.54 Å². The first-order chi connectivity index (χ1) is 8.33. The number of amides is 1. The van der Waals surface area contributed by atoms with Crippen LogP contribution >= 0.6 is 0 Å². The van der Waals surface area contributed by atoms with Crippen LogP contribution in [0.15, 0.2) is 0 Å². The molecule has 1 saturated carbocycles. The highest BCUT2D eigenvalue weighted by molar-refractivity contribution is 5.89. The monoisotopic (exact) mass is 258 g/mol. The van der Waals surface area contributed by atoms with Gasteiger partial charge >= 0.3 is 0 Å². The van der Waals surface area contributed by atoms with Gasteiger partial charge in [-0.1, -0.05) is 20.8 Å². The SMILES string of the molecule is CCOC1CC(N)(C(=O)NC(CC)CO)C1(C)C. The molecule has 0 aliphatic heterocycles. The summed E-state index contributed by atoms with van der Waals surface area (Å²) in [7, 11) is 0. The molecule has 3 atom stereocenters. The molecule has 0 aromatic rings. The maximum Gasteiger partial charge on any atom is 0.241 e. The van der Waals surface area contributed by atoms with Crippen molar-refractivity contribution in [3.63, 3.8) is 0 Å². The van der Waals surface area contributed by atoms with Gasteiger partial charge in [-0.05, 0) is 13.3 Å². The summed E-state index contributed by atoms with van der Waals surface area (Å²) in [6.45, 7) is 8.32. The number of aliphatic hydroxyl groups excluding tert-OH is 1. The van der Waals surface area contributed by atoms with Gasteiger partial charge in [0.05, 0.1) is 18.8 Å². The number of hydrogen-bond acceptors (Lipinski definition) is 4. The molecule has 0 radical (unpaired) electrons. The Hall–Kier alpha value is -0.650. The lowest BCUT2D eigenvalue weighted by Crippen LogP contribution is -2.76. The second-order valence-corrected chi connectivity index (χ2v) is 5.60. The smallest absolute Gasteiger partial charge is 0.241 e. The lowest BCUT2D eigenvalue weighted by molar-refractivity contribution is -0.171. The average molecular weight is 258 g/mol. The second-order valence-electron chi connectivity index (χ2n) is 5.60. The van der Waals surface area contributed by atoms with E-state index in [1.54, 1.807) is 0 Å². The topological polar surface area (TPSA) is 84.6 Å². The maximum absolute atomic E-state index is 12.2. The number of ether oxygens (including phenoxy) is 1. The van der Waals surface area contributed by atoms with Gasteiger partial charge < -0.3 is 20.9 Å². The Morgan fingerprint density at radius 1 is 1.56 bits per heavy atom. The summed E-state index contributed by atoms with van der Waals surface area (Å²) in [5.74, 6) is -0.190. The molecule has 1 amide bonds. The third-order valence-electron chi connectivity index (χ3n) is 4.28. The highest BCUT2D eigenvalue weighted by atomic mass is 16.5. The maximum atomic E-state index is 12.2. The van der Waals surface area contributed by atoms with Crippen LogP contribution in [0.3, 0.4) is 0 Å². The first-order valence-electron chi connectivity index (χ1n) is 6.65. The predicted octanol–water partition coefficient (Wildman–Crippen LogP) is 0.406. The Kier molecular flexibility index (Phi) is 4.75. The Balaban J connectivity index is 2.69. The average Bonchev–Trinajstić information content (AvgIpc) is 2.34. The molecule has 0 aromatic heterocycles. The molecule has 1 aliphatic rings. The molecule has 4 N–H and O–H groups in total. The van der Waals surface area contributed by atoms with Crippen LogP contribution < -0.4 is 11.1 Å². The minimum atomic E-state index is -0.907. The van der Waals surface area contributed by atoms with Gasteiger partial charge in [0.15, 0.2) is 0 Å². The van der Waals surface area contributed by atoms with E-state index in [0.29, 0.717) is 19.4 Å². The van der Waals surface area contributed by atoms with E-state index in [2.05, 4.69) is 5.32 Å². The van der Waals surface area contributed by atoms with Gasteiger partial charge in [0.2, 0.25) is 5.91 Å². The zero-order valence-corrected chi connectivity index (χ0v) is 11.8. The second kappa shape index (κ2) is 5.55. The molecule has 0 spiro atoms. The first-order valence-corrected chi connectivity index (χ1v) is 6.65. The standard InChI is InChI=1S/C13H26N2O3/c1-5-9(8-16)15-11(17)13(14)7-10(18-6-2)12(13,3)4/h9-10,16H,5-8,14H2,1-4H3,(H,15,17). The van der Waals surface area contributed by atoms with E-state index >= 15 is 0 Å². The molecule has 3 unspecified atom stereocenters. The Morgan fingerprint density at radius 2 is 2.17 bits per heavy atom. The lowest BCUT2D eigenvalue weighted by Gasteiger charge is -2.57. The number of rotatable bonds is 6. The number of aliphatic hydroxyl groups is 1. The van der Waals surface area contributed by atoms with Gasteiger partial charge in [-0.25, -0.2) is 0 Å². The van der Waals surface area contributed by atoms with E-state index in [1.807, 2.05) is 27.7 Å². The summed E-state index contributed by atoms with van der Waals surface area (Å²) in [5, 5.41) is 11.9. The number of nitrogens with one attached hydrogen (secondary N) is 1. The zero-order valence-electron chi connectivity index (χ0n) is 11.8. The third kappa shape index (κ3) is 2.39. The summed E-state index contributed by atoms with van der Waals surface area (Å²) in [6, 6.07) is -0.222. The van der Waals surface area contributed by atoms with Crippen molar-refractivity contribution in [1.29, 1.82) is 0 Å². The van der Waals surface area contributed by atoms with Gasteiger partial charge in [-0.2, -0.15) is 0 Å². The van der Waals surface area contributed by atoms with Crippen LogP contribution in [0.1, 0.15) is 40.5 Å². The highest BCUT2D eigenvalue weighted by Gasteiger charge is 2.62. The van der Waals surface area contributed by atoms with Crippen molar-refractivity contribution in [3.05, 3.63) is 0 Å². The normalized spacial score (nSPS) is 31.6. The fraction of sp³-hybridized carbons (Fsp3) is 0.923. The molecular formula is C13H26N2O3. The van der Waals surface area contributed by atoms with E-state index in [1.165, 1.54) is 0 Å². The highest BCUT2D eigenvalue weighted by Crippen LogP contribution is 2.49. The van der Waals surface area contributed by atoms with Gasteiger partial charge in [-0.15, -0.1) is 0 Å². The number of carbonyl (C=O) groups is 1. The van der Waals surface area contributed by atoms with Crippen LogP contribution in [0.25, 0.3) is 0 Å². The largest absolute Gasteiger partial charge is 0.394 e. The summed E-state index contributed by atoms with van der Waals surface area (Å²) in [4.78, 5) is 12.2. The number of hydrogen-bond donors (Lipinski definition) is 3. The predicted molar refractivity (Wildman–Crippen MR) is 70.0 cm³/mol. The minimum Gasteiger partial charge on any atom is -0.394 e. The molecule has 0 bridgehead atoms. The molecule has 0 saturated heterocycles. The fourth-order valence-corrected chi connectivity index (χ4v) is 2.41. The lowest BCUT2D eigenvalue weighted by atomic mass is 9.54. The molecule has 1 aliphatic carbocycles. The van der Waals surface area contributed by atoms with Crippen LogP contribution in [-0.4, -0.2) is 41.9 Å². The Bertz CT molecular complexity index is 303. The molecule has 1 rings (SSSR count). The van der Waals surface area contributed by atoms with Gasteiger partial charge in [0, 0.05) is 18.4 Å². The van der Waals surface area contributed by atoms with E-state index in [9.17, 15) is 4.79 Å². The molecule has 18 heavy (non-hydrogen) atoms. The summed E-state index contributed by atoms with van der Waals surface area (Å²) < 4.78 is 5.59. The quantitative estimate of drug-likeness (QED) is 0.644. The molecule has 5 heteroatoms. The van der Waals surface area contributed by atoms with Crippen LogP contribution in [-0.2, 0) is 9.53 Å². The summed E-state index contributed by atoms with van der Waals surface area (Å²) >= 11 is 0. The molecule has 1 fully saturated rings. The molecular weight excluding hydrogens is 232 g/mol. The first kappa shape index (κ1) is 15.4. The van der Waals surface area contributed by atoms with E-state index < -0.39 is 5.54 Å². The zero-order chi connectivity index (χ0) is 14.0. The van der Waals surface area contributed by atoms with Crippen molar-refractivity contribution in [2.45, 2.75) is 58.2 Å². The van der Waals surface area contributed by atoms with Gasteiger partial charge in [-0.3, -0.25) is 4.79 Å². The molecule has 0 heterocycles. The Morgan fingerprint density at radius 3 is 2.56 bits per heavy atom. The van der Waals surface area contributed by atoms with Crippen molar-refractivity contribution in [3.8, 4) is 0 Å². The van der Waals surface area contributed by atoms with Crippen molar-refractivity contribution in [1.82, 2.24) is 5.32 Å². The van der Waals surface area contributed by atoms with Crippen LogP contribution in [0, 0.1) is 5.41 Å². The third-order valence-corrected chi connectivity index (χ3v) is 4.28. The van der Waals surface area contributed by atoms with Gasteiger partial charge in [0.25, 0.3) is 0 Å². The van der Waals surface area contributed by atoms with Crippen LogP contribution in [0.4, 0.5) is 0 Å². The molecule has 0 aromatic carbocycles. The number of carbonyl (C=O) groups excluding carboxylic acids is 1. The van der Waals surface area contributed by atoms with E-state index in [-0.39, 0.29) is 30.1 Å². The summed E-state index contributed by atoms with van der Waals surface area (Å²) in [6.07, 6.45) is 1.24. The van der Waals surface area contributed by atoms with Crippen LogP contribution in [0.2, 0.25) is 0 Å². The van der Waals surface area contributed by atoms with Crippen molar-refractivity contribution < 1.29 is 14.6 Å². The Labute approximate surface area is 109 Å². The summed E-state index contributed by atoms with van der Waals surface area (Å²) in [5.41, 5.74) is 4.93. The molecule has 5 nitrogen and oxygen atoms in total. The molecule has 106 valence electrons. The van der Waals surface area contributed by atoms with E-state index in [0.717, 1.165) is 0 Å². The minimum absolute atomic E-state index is 0.0208. The van der Waals surface area contributed by atoms with Crippen molar-refractivity contribution in [2.75, 3.05) is 13.2 Å². The fourth-order valence-electron chi connectivity index (χ4n) is 2.41. The number of nitrogens with two attached hydrogens (primary N) is 1. The van der Waals surface area contributed by atoms with Crippen molar-refractivity contribution in [2.24, 2.45) is 11.1 Å².